The normalized spacial score (nSPS) is 11.6. The van der Waals surface area contributed by atoms with Gasteiger partial charge in [-0.15, -0.1) is 0 Å². The third-order valence-corrected chi connectivity index (χ3v) is 5.08. The van der Waals surface area contributed by atoms with Gasteiger partial charge in [0.15, 0.2) is 0 Å². The van der Waals surface area contributed by atoms with Gasteiger partial charge in [0.2, 0.25) is 11.8 Å². The van der Waals surface area contributed by atoms with Crippen molar-refractivity contribution in [1.29, 1.82) is 0 Å². The number of nitrogens with zero attached hydrogens (tertiary/aromatic N) is 1. The summed E-state index contributed by atoms with van der Waals surface area (Å²) in [7, 11) is 0. The number of carbonyl (C=O) groups is 3. The molecule has 8 heteroatoms. The van der Waals surface area contributed by atoms with Gasteiger partial charge in [0, 0.05) is 18.7 Å². The summed E-state index contributed by atoms with van der Waals surface area (Å²) in [5, 5.41) is 5.53. The van der Waals surface area contributed by atoms with Crippen molar-refractivity contribution in [2.45, 2.75) is 40.3 Å². The van der Waals surface area contributed by atoms with Crippen molar-refractivity contribution in [3.8, 4) is 5.75 Å². The topological polar surface area (TPSA) is 87.7 Å². The lowest BCUT2D eigenvalue weighted by atomic mass is 10.0. The summed E-state index contributed by atoms with van der Waals surface area (Å²) in [6, 6.07) is 11.7. The molecular formula is C25H32FN3O4. The molecule has 33 heavy (non-hydrogen) atoms. The summed E-state index contributed by atoms with van der Waals surface area (Å²) in [4.78, 5) is 39.7. The van der Waals surface area contributed by atoms with Crippen molar-refractivity contribution in [1.82, 2.24) is 15.5 Å². The van der Waals surface area contributed by atoms with E-state index in [-0.39, 0.29) is 42.5 Å². The van der Waals surface area contributed by atoms with E-state index in [1.807, 2.05) is 20.8 Å². The van der Waals surface area contributed by atoms with Crippen LogP contribution in [0.15, 0.2) is 48.5 Å². The molecule has 2 aromatic carbocycles. The van der Waals surface area contributed by atoms with E-state index in [0.29, 0.717) is 24.5 Å². The maximum absolute atomic E-state index is 13.1. The standard InChI is InChI=1S/C25H32FN3O4/c1-5-29(16-22(30)27-15-18-7-11-20(26)12-8-18)25(32)23(17(3)4)28-24(31)19-9-13-21(14-10-19)33-6-2/h7-14,17,23H,5-6,15-16H2,1-4H3,(H,27,30)(H,28,31). The van der Waals surface area contributed by atoms with Gasteiger partial charge >= 0.3 is 0 Å². The lowest BCUT2D eigenvalue weighted by molar-refractivity contribution is -0.138. The van der Waals surface area contributed by atoms with Crippen molar-refractivity contribution in [2.75, 3.05) is 19.7 Å². The zero-order chi connectivity index (χ0) is 24.4. The number of carbonyl (C=O) groups excluding carboxylic acids is 3. The first-order valence-electron chi connectivity index (χ1n) is 11.1. The minimum absolute atomic E-state index is 0.140. The molecule has 0 aliphatic heterocycles. The van der Waals surface area contributed by atoms with Crippen LogP contribution in [0.2, 0.25) is 0 Å². The van der Waals surface area contributed by atoms with Gasteiger partial charge in [-0.2, -0.15) is 0 Å². The van der Waals surface area contributed by atoms with E-state index in [1.165, 1.54) is 17.0 Å². The number of halogens is 1. The van der Waals surface area contributed by atoms with Crippen molar-refractivity contribution < 1.29 is 23.5 Å². The molecule has 0 spiro atoms. The highest BCUT2D eigenvalue weighted by molar-refractivity contribution is 5.98. The quantitative estimate of drug-likeness (QED) is 0.543. The Labute approximate surface area is 194 Å². The molecule has 0 saturated heterocycles. The SMILES string of the molecule is CCOc1ccc(C(=O)NC(C(=O)N(CC)CC(=O)NCc2ccc(F)cc2)C(C)C)cc1. The highest BCUT2D eigenvalue weighted by Crippen LogP contribution is 2.14. The first kappa shape index (κ1) is 25.8. The van der Waals surface area contributed by atoms with Gasteiger partial charge in [0.1, 0.15) is 17.6 Å². The molecule has 0 bridgehead atoms. The van der Waals surface area contributed by atoms with Crippen LogP contribution in [0.5, 0.6) is 5.75 Å². The molecule has 0 saturated carbocycles. The van der Waals surface area contributed by atoms with E-state index in [9.17, 15) is 18.8 Å². The van der Waals surface area contributed by atoms with Crippen LogP contribution >= 0.6 is 0 Å². The number of hydrogen-bond acceptors (Lipinski definition) is 4. The summed E-state index contributed by atoms with van der Waals surface area (Å²) in [6.07, 6.45) is 0. The maximum Gasteiger partial charge on any atom is 0.251 e. The third-order valence-electron chi connectivity index (χ3n) is 5.08. The fourth-order valence-corrected chi connectivity index (χ4v) is 3.18. The summed E-state index contributed by atoms with van der Waals surface area (Å²) < 4.78 is 18.4. The largest absolute Gasteiger partial charge is 0.494 e. The van der Waals surface area contributed by atoms with Crippen molar-refractivity contribution in [3.05, 3.63) is 65.5 Å². The molecule has 0 aromatic heterocycles. The first-order chi connectivity index (χ1) is 15.7. The second-order valence-electron chi connectivity index (χ2n) is 7.91. The van der Waals surface area contributed by atoms with Gasteiger partial charge in [-0.25, -0.2) is 4.39 Å². The Morgan fingerprint density at radius 1 is 1.00 bits per heavy atom. The summed E-state index contributed by atoms with van der Waals surface area (Å²) in [5.41, 5.74) is 1.17. The average Bonchev–Trinajstić information content (AvgIpc) is 2.80. The molecule has 3 amide bonds. The molecule has 0 radical (unpaired) electrons. The van der Waals surface area contributed by atoms with E-state index in [0.717, 1.165) is 5.56 Å². The number of ether oxygens (including phenoxy) is 1. The zero-order valence-electron chi connectivity index (χ0n) is 19.6. The van der Waals surface area contributed by atoms with Gasteiger partial charge in [0.05, 0.1) is 13.2 Å². The van der Waals surface area contributed by atoms with E-state index in [1.54, 1.807) is 43.3 Å². The molecule has 0 fully saturated rings. The third kappa shape index (κ3) is 7.89. The van der Waals surface area contributed by atoms with Crippen LogP contribution in [0, 0.1) is 11.7 Å². The average molecular weight is 458 g/mol. The van der Waals surface area contributed by atoms with Crippen LogP contribution in [-0.2, 0) is 16.1 Å². The fourth-order valence-electron chi connectivity index (χ4n) is 3.18. The smallest absolute Gasteiger partial charge is 0.251 e. The summed E-state index contributed by atoms with van der Waals surface area (Å²) >= 11 is 0. The Morgan fingerprint density at radius 2 is 1.64 bits per heavy atom. The predicted octanol–water partition coefficient (Wildman–Crippen LogP) is 3.14. The Bertz CT molecular complexity index is 930. The second-order valence-corrected chi connectivity index (χ2v) is 7.91. The van der Waals surface area contributed by atoms with Crippen LogP contribution in [-0.4, -0.2) is 48.4 Å². The maximum atomic E-state index is 13.1. The number of hydrogen-bond donors (Lipinski definition) is 2. The van der Waals surface area contributed by atoms with Crippen LogP contribution in [0.3, 0.4) is 0 Å². The molecule has 2 N–H and O–H groups in total. The number of nitrogens with one attached hydrogen (secondary N) is 2. The molecule has 7 nitrogen and oxygen atoms in total. The highest BCUT2D eigenvalue weighted by Gasteiger charge is 2.29. The zero-order valence-corrected chi connectivity index (χ0v) is 19.6. The summed E-state index contributed by atoms with van der Waals surface area (Å²) in [6.45, 7) is 8.25. The molecule has 0 aliphatic rings. The number of likely N-dealkylation sites (N-methyl/N-ethyl adjacent to an activating group) is 1. The minimum Gasteiger partial charge on any atom is -0.494 e. The van der Waals surface area contributed by atoms with Crippen LogP contribution in [0.1, 0.15) is 43.6 Å². The molecule has 2 aromatic rings. The van der Waals surface area contributed by atoms with Gasteiger partial charge in [-0.1, -0.05) is 26.0 Å². The van der Waals surface area contributed by atoms with Crippen molar-refractivity contribution >= 4 is 17.7 Å². The van der Waals surface area contributed by atoms with Crippen molar-refractivity contribution in [3.63, 3.8) is 0 Å². The Kier molecular flexibility index (Phi) is 9.84. The summed E-state index contributed by atoms with van der Waals surface area (Å²) in [5.74, 6) is -0.907. The van der Waals surface area contributed by atoms with Gasteiger partial charge in [-0.05, 0) is 61.7 Å². The predicted molar refractivity (Wildman–Crippen MR) is 124 cm³/mol. The number of benzene rings is 2. The van der Waals surface area contributed by atoms with E-state index >= 15 is 0 Å². The number of amides is 3. The van der Waals surface area contributed by atoms with Crippen LogP contribution in [0.25, 0.3) is 0 Å². The number of rotatable bonds is 11. The molecule has 0 aliphatic carbocycles. The highest BCUT2D eigenvalue weighted by atomic mass is 19.1. The molecule has 0 heterocycles. The van der Waals surface area contributed by atoms with Crippen molar-refractivity contribution in [2.24, 2.45) is 5.92 Å². The van der Waals surface area contributed by atoms with E-state index in [4.69, 9.17) is 4.74 Å². The molecule has 178 valence electrons. The Morgan fingerprint density at radius 3 is 2.18 bits per heavy atom. The van der Waals surface area contributed by atoms with E-state index < -0.39 is 6.04 Å². The van der Waals surface area contributed by atoms with Gasteiger partial charge in [0.25, 0.3) is 5.91 Å². The lowest BCUT2D eigenvalue weighted by Crippen LogP contribution is -2.53. The monoisotopic (exact) mass is 457 g/mol. The molecular weight excluding hydrogens is 425 g/mol. The lowest BCUT2D eigenvalue weighted by Gasteiger charge is -2.28. The molecule has 1 atom stereocenters. The van der Waals surface area contributed by atoms with Crippen LogP contribution < -0.4 is 15.4 Å². The fraction of sp³-hybridized carbons (Fsp3) is 0.400. The van der Waals surface area contributed by atoms with Gasteiger partial charge < -0.3 is 20.3 Å². The molecule has 2 rings (SSSR count). The first-order valence-corrected chi connectivity index (χ1v) is 11.1. The van der Waals surface area contributed by atoms with E-state index in [2.05, 4.69) is 10.6 Å². The minimum atomic E-state index is -0.783. The Balaban J connectivity index is 1.98. The Hall–Kier alpha value is -3.42. The van der Waals surface area contributed by atoms with Gasteiger partial charge in [-0.3, -0.25) is 14.4 Å². The second kappa shape index (κ2) is 12.6. The van der Waals surface area contributed by atoms with Crippen LogP contribution in [0.4, 0.5) is 4.39 Å². The molecule has 1 unspecified atom stereocenters.